The van der Waals surface area contributed by atoms with Gasteiger partial charge < -0.3 is 9.88 Å². The van der Waals surface area contributed by atoms with Gasteiger partial charge in [0.2, 0.25) is 11.8 Å². The van der Waals surface area contributed by atoms with Gasteiger partial charge >= 0.3 is 0 Å². The van der Waals surface area contributed by atoms with Gasteiger partial charge in [0.1, 0.15) is 6.42 Å². The molecule has 2 aromatic heterocycles. The SMILES string of the molecule is O=C1CC(=O)N(c2ccc(-n3nnnc3Cn3ccnc3)cc2)c2ccc3ccccc3c2N1. The molecule has 2 amide bonds. The van der Waals surface area contributed by atoms with Crippen LogP contribution in [0.5, 0.6) is 0 Å². The van der Waals surface area contributed by atoms with Crippen LogP contribution in [0, 0.1) is 0 Å². The molecule has 6 rings (SSSR count). The number of anilines is 3. The first-order valence-electron chi connectivity index (χ1n) is 10.7. The van der Waals surface area contributed by atoms with Crippen LogP contribution in [0.2, 0.25) is 0 Å². The first-order chi connectivity index (χ1) is 16.7. The second-order valence-corrected chi connectivity index (χ2v) is 7.89. The molecule has 34 heavy (non-hydrogen) atoms. The number of fused-ring (bicyclic) bond motifs is 3. The van der Waals surface area contributed by atoms with Crippen LogP contribution in [0.25, 0.3) is 16.5 Å². The molecule has 0 unspecified atom stereocenters. The highest BCUT2D eigenvalue weighted by atomic mass is 16.2. The lowest BCUT2D eigenvalue weighted by Crippen LogP contribution is -2.26. The number of amides is 2. The lowest BCUT2D eigenvalue weighted by molar-refractivity contribution is -0.124. The molecule has 1 aliphatic heterocycles. The lowest BCUT2D eigenvalue weighted by Gasteiger charge is -2.23. The van der Waals surface area contributed by atoms with E-state index in [0.29, 0.717) is 29.4 Å². The maximum absolute atomic E-state index is 13.1. The summed E-state index contributed by atoms with van der Waals surface area (Å²) in [6.45, 7) is 0.466. The molecule has 166 valence electrons. The summed E-state index contributed by atoms with van der Waals surface area (Å²) in [4.78, 5) is 31.2. The van der Waals surface area contributed by atoms with Gasteiger partial charge in [-0.2, -0.15) is 4.68 Å². The number of hydrogen-bond acceptors (Lipinski definition) is 6. The molecule has 1 N–H and O–H groups in total. The first kappa shape index (κ1) is 19.8. The first-order valence-corrected chi connectivity index (χ1v) is 10.7. The summed E-state index contributed by atoms with van der Waals surface area (Å²) in [6.07, 6.45) is 4.99. The number of hydrogen-bond donors (Lipinski definition) is 1. The van der Waals surface area contributed by atoms with E-state index in [1.165, 1.54) is 0 Å². The standard InChI is InChI=1S/C24H18N8O2/c33-22-13-23(34)31(20-10-5-16-3-1-2-4-19(16)24(20)26-22)17-6-8-18(9-7-17)32-21(27-28-29-32)14-30-12-11-25-15-30/h1-12,15H,13-14H2,(H,26,33). The summed E-state index contributed by atoms with van der Waals surface area (Å²) in [5, 5.41) is 16.8. The second kappa shape index (κ2) is 7.93. The molecule has 0 atom stereocenters. The predicted octanol–water partition coefficient (Wildman–Crippen LogP) is 3.07. The lowest BCUT2D eigenvalue weighted by atomic mass is 10.1. The monoisotopic (exact) mass is 450 g/mol. The Balaban J connectivity index is 1.39. The Hall–Kier alpha value is -4.86. The van der Waals surface area contributed by atoms with E-state index < -0.39 is 0 Å². The van der Waals surface area contributed by atoms with E-state index in [-0.39, 0.29) is 18.2 Å². The van der Waals surface area contributed by atoms with Crippen LogP contribution < -0.4 is 10.2 Å². The van der Waals surface area contributed by atoms with Gasteiger partial charge in [0, 0.05) is 23.5 Å². The molecular formula is C24H18N8O2. The second-order valence-electron chi connectivity index (χ2n) is 7.89. The average Bonchev–Trinajstić information content (AvgIpc) is 3.51. The van der Waals surface area contributed by atoms with Crippen LogP contribution in [0.4, 0.5) is 17.1 Å². The van der Waals surface area contributed by atoms with E-state index >= 15 is 0 Å². The molecule has 0 radical (unpaired) electrons. The maximum atomic E-state index is 13.1. The van der Waals surface area contributed by atoms with Crippen molar-refractivity contribution in [1.82, 2.24) is 29.8 Å². The molecule has 0 saturated heterocycles. The third-order valence-corrected chi connectivity index (χ3v) is 5.74. The van der Waals surface area contributed by atoms with Gasteiger partial charge in [0.05, 0.1) is 29.9 Å². The average molecular weight is 450 g/mol. The summed E-state index contributed by atoms with van der Waals surface area (Å²) in [5.41, 5.74) is 2.65. The highest BCUT2D eigenvalue weighted by molar-refractivity contribution is 6.21. The van der Waals surface area contributed by atoms with Crippen molar-refractivity contribution in [2.24, 2.45) is 0 Å². The number of nitrogens with one attached hydrogen (secondary N) is 1. The van der Waals surface area contributed by atoms with E-state index in [4.69, 9.17) is 0 Å². The van der Waals surface area contributed by atoms with E-state index in [1.54, 1.807) is 22.1 Å². The zero-order valence-electron chi connectivity index (χ0n) is 17.9. The largest absolute Gasteiger partial charge is 0.330 e. The molecule has 0 saturated carbocycles. The fraction of sp³-hybridized carbons (Fsp3) is 0.0833. The molecule has 3 heterocycles. The zero-order valence-corrected chi connectivity index (χ0v) is 17.9. The van der Waals surface area contributed by atoms with E-state index in [0.717, 1.165) is 16.5 Å². The molecule has 10 heteroatoms. The molecule has 10 nitrogen and oxygen atoms in total. The molecule has 0 spiro atoms. The predicted molar refractivity (Wildman–Crippen MR) is 125 cm³/mol. The molecule has 0 aliphatic carbocycles. The van der Waals surface area contributed by atoms with Crippen LogP contribution in [0.15, 0.2) is 79.4 Å². The fourth-order valence-corrected chi connectivity index (χ4v) is 4.19. The highest BCUT2D eigenvalue weighted by Crippen LogP contribution is 2.40. The van der Waals surface area contributed by atoms with Gasteiger partial charge in [0.25, 0.3) is 0 Å². The topological polar surface area (TPSA) is 111 Å². The summed E-state index contributed by atoms with van der Waals surface area (Å²) >= 11 is 0. The minimum absolute atomic E-state index is 0.243. The van der Waals surface area contributed by atoms with E-state index in [1.807, 2.05) is 71.4 Å². The van der Waals surface area contributed by atoms with Crippen molar-refractivity contribution in [2.75, 3.05) is 10.2 Å². The third-order valence-electron chi connectivity index (χ3n) is 5.74. The number of aromatic nitrogens is 6. The highest BCUT2D eigenvalue weighted by Gasteiger charge is 2.28. The quantitative estimate of drug-likeness (QED) is 0.421. The molecule has 1 aliphatic rings. The zero-order chi connectivity index (χ0) is 23.1. The van der Waals surface area contributed by atoms with Crippen molar-refractivity contribution < 1.29 is 9.59 Å². The fourth-order valence-electron chi connectivity index (χ4n) is 4.19. The molecule has 5 aromatic rings. The van der Waals surface area contributed by atoms with Gasteiger partial charge in [-0.3, -0.25) is 14.5 Å². The number of rotatable bonds is 4. The van der Waals surface area contributed by atoms with Crippen LogP contribution >= 0.6 is 0 Å². The van der Waals surface area contributed by atoms with Crippen molar-refractivity contribution in [3.8, 4) is 5.69 Å². The summed E-state index contributed by atoms with van der Waals surface area (Å²) < 4.78 is 3.51. The minimum Gasteiger partial charge on any atom is -0.330 e. The molecular weight excluding hydrogens is 432 g/mol. The third kappa shape index (κ3) is 3.37. The molecule has 0 fully saturated rings. The van der Waals surface area contributed by atoms with Gasteiger partial charge in [-0.25, -0.2) is 4.98 Å². The number of carbonyl (C=O) groups is 2. The Labute approximate surface area is 193 Å². The summed E-state index contributed by atoms with van der Waals surface area (Å²) in [7, 11) is 0. The van der Waals surface area contributed by atoms with Crippen LogP contribution in [-0.2, 0) is 16.1 Å². The molecule has 0 bridgehead atoms. The van der Waals surface area contributed by atoms with Gasteiger partial charge in [-0.1, -0.05) is 30.3 Å². The minimum atomic E-state index is -0.334. The van der Waals surface area contributed by atoms with Crippen LogP contribution in [-0.4, -0.2) is 41.6 Å². The van der Waals surface area contributed by atoms with Crippen LogP contribution in [0.3, 0.4) is 0 Å². The Morgan fingerprint density at radius 1 is 0.941 bits per heavy atom. The molecule has 3 aromatic carbocycles. The number of benzene rings is 3. The van der Waals surface area contributed by atoms with Gasteiger partial charge in [-0.15, -0.1) is 5.10 Å². The Morgan fingerprint density at radius 2 is 1.76 bits per heavy atom. The van der Waals surface area contributed by atoms with Crippen LogP contribution in [0.1, 0.15) is 12.2 Å². The van der Waals surface area contributed by atoms with Crippen molar-refractivity contribution in [3.63, 3.8) is 0 Å². The number of imidazole rings is 1. The van der Waals surface area contributed by atoms with E-state index in [9.17, 15) is 9.59 Å². The Kier molecular flexibility index (Phi) is 4.61. The Morgan fingerprint density at radius 3 is 2.59 bits per heavy atom. The number of nitrogens with zero attached hydrogens (tertiary/aromatic N) is 7. The van der Waals surface area contributed by atoms with Crippen molar-refractivity contribution in [1.29, 1.82) is 0 Å². The Bertz CT molecular complexity index is 1520. The van der Waals surface area contributed by atoms with Crippen molar-refractivity contribution in [2.45, 2.75) is 13.0 Å². The number of carbonyl (C=O) groups excluding carboxylic acids is 2. The van der Waals surface area contributed by atoms with Gasteiger partial charge in [0.15, 0.2) is 5.82 Å². The van der Waals surface area contributed by atoms with Crippen molar-refractivity contribution in [3.05, 3.63) is 85.2 Å². The maximum Gasteiger partial charge on any atom is 0.241 e. The smallest absolute Gasteiger partial charge is 0.241 e. The normalized spacial score (nSPS) is 13.6. The summed E-state index contributed by atoms with van der Waals surface area (Å²) in [6, 6.07) is 18.9. The van der Waals surface area contributed by atoms with E-state index in [2.05, 4.69) is 25.8 Å². The van der Waals surface area contributed by atoms with Gasteiger partial charge in [-0.05, 0) is 46.1 Å². The number of tetrazole rings is 1. The summed E-state index contributed by atoms with van der Waals surface area (Å²) in [5.74, 6) is 0.00488. The van der Waals surface area contributed by atoms with Crippen molar-refractivity contribution >= 4 is 39.6 Å².